The molecule has 6 heteroatoms. The van der Waals surface area contributed by atoms with E-state index in [4.69, 9.17) is 11.6 Å². The molecular weight excluding hydrogens is 262 g/mol. The number of nitrogens with zero attached hydrogens (tertiary/aromatic N) is 4. The predicted molar refractivity (Wildman–Crippen MR) is 76.2 cm³/mol. The third-order valence-electron chi connectivity index (χ3n) is 3.29. The summed E-state index contributed by atoms with van der Waals surface area (Å²) in [5.74, 6) is 1.79. The molecule has 1 aromatic heterocycles. The number of nitrogens with one attached hydrogen (secondary N) is 1. The van der Waals surface area contributed by atoms with Gasteiger partial charge in [-0.3, -0.25) is 4.57 Å². The van der Waals surface area contributed by atoms with Gasteiger partial charge in [0.1, 0.15) is 5.82 Å². The number of halogens is 1. The van der Waals surface area contributed by atoms with Gasteiger partial charge < -0.3 is 10.2 Å². The van der Waals surface area contributed by atoms with Gasteiger partial charge in [0, 0.05) is 31.2 Å². The van der Waals surface area contributed by atoms with Gasteiger partial charge in [-0.1, -0.05) is 11.6 Å². The van der Waals surface area contributed by atoms with E-state index in [2.05, 4.69) is 25.0 Å². The van der Waals surface area contributed by atoms with E-state index in [-0.39, 0.29) is 0 Å². The second kappa shape index (κ2) is 5.19. The normalized spacial score (nSPS) is 15.8. The zero-order chi connectivity index (χ0) is 13.2. The Labute approximate surface area is 117 Å². The maximum atomic E-state index is 5.94. The first kappa shape index (κ1) is 12.4. The molecule has 2 heterocycles. The van der Waals surface area contributed by atoms with Crippen LogP contribution in [0.5, 0.6) is 0 Å². The number of hydrogen-bond donors (Lipinski definition) is 1. The smallest absolute Gasteiger partial charge is 0.231 e. The van der Waals surface area contributed by atoms with E-state index in [1.54, 1.807) is 0 Å². The third-order valence-corrected chi connectivity index (χ3v) is 3.54. The molecule has 0 aliphatic carbocycles. The average molecular weight is 278 g/mol. The Kier molecular flexibility index (Phi) is 3.40. The summed E-state index contributed by atoms with van der Waals surface area (Å²) in [7, 11) is 0. The molecule has 0 saturated carbocycles. The van der Waals surface area contributed by atoms with Gasteiger partial charge in [-0.25, -0.2) is 0 Å². The van der Waals surface area contributed by atoms with Gasteiger partial charge >= 0.3 is 0 Å². The highest BCUT2D eigenvalue weighted by Gasteiger charge is 2.19. The zero-order valence-corrected chi connectivity index (χ0v) is 11.6. The Morgan fingerprint density at radius 2 is 1.79 bits per heavy atom. The Morgan fingerprint density at radius 3 is 2.47 bits per heavy atom. The lowest BCUT2D eigenvalue weighted by Gasteiger charge is -2.28. The van der Waals surface area contributed by atoms with Crippen molar-refractivity contribution in [1.29, 1.82) is 0 Å². The van der Waals surface area contributed by atoms with E-state index in [1.807, 2.05) is 31.2 Å². The van der Waals surface area contributed by atoms with Crippen LogP contribution in [-0.2, 0) is 0 Å². The van der Waals surface area contributed by atoms with Gasteiger partial charge in [-0.2, -0.15) is 0 Å². The van der Waals surface area contributed by atoms with E-state index in [9.17, 15) is 0 Å². The van der Waals surface area contributed by atoms with Gasteiger partial charge in [0.15, 0.2) is 0 Å². The molecule has 1 aliphatic rings. The number of aromatic nitrogens is 3. The maximum Gasteiger partial charge on any atom is 0.231 e. The highest BCUT2D eigenvalue weighted by Crippen LogP contribution is 2.21. The van der Waals surface area contributed by atoms with E-state index >= 15 is 0 Å². The number of benzene rings is 1. The standard InChI is InChI=1S/C13H16ClN5/c1-10-16-17-13(18-8-6-15-7-9-18)19(10)12-4-2-11(14)3-5-12/h2-5,15H,6-9H2,1H3. The lowest BCUT2D eigenvalue weighted by atomic mass is 10.3. The predicted octanol–water partition coefficient (Wildman–Crippen LogP) is 1.64. The van der Waals surface area contributed by atoms with Crippen LogP contribution >= 0.6 is 11.6 Å². The van der Waals surface area contributed by atoms with Crippen LogP contribution in [0.25, 0.3) is 5.69 Å². The second-order valence-corrected chi connectivity index (χ2v) is 5.03. The molecule has 0 atom stereocenters. The molecule has 19 heavy (non-hydrogen) atoms. The van der Waals surface area contributed by atoms with Crippen molar-refractivity contribution >= 4 is 17.5 Å². The molecule has 100 valence electrons. The highest BCUT2D eigenvalue weighted by atomic mass is 35.5. The lowest BCUT2D eigenvalue weighted by molar-refractivity contribution is 0.576. The van der Waals surface area contributed by atoms with Gasteiger partial charge in [0.05, 0.1) is 5.69 Å². The van der Waals surface area contributed by atoms with Crippen molar-refractivity contribution in [2.75, 3.05) is 31.1 Å². The van der Waals surface area contributed by atoms with Gasteiger partial charge in [-0.05, 0) is 31.2 Å². The van der Waals surface area contributed by atoms with Crippen molar-refractivity contribution in [2.24, 2.45) is 0 Å². The van der Waals surface area contributed by atoms with Crippen molar-refractivity contribution in [3.63, 3.8) is 0 Å². The second-order valence-electron chi connectivity index (χ2n) is 4.60. The quantitative estimate of drug-likeness (QED) is 0.906. The summed E-state index contributed by atoms with van der Waals surface area (Å²) in [6.07, 6.45) is 0. The Hall–Kier alpha value is -1.59. The van der Waals surface area contributed by atoms with Crippen LogP contribution < -0.4 is 10.2 Å². The Bertz CT molecular complexity index is 557. The van der Waals surface area contributed by atoms with E-state index < -0.39 is 0 Å². The summed E-state index contributed by atoms with van der Waals surface area (Å²) < 4.78 is 2.07. The lowest BCUT2D eigenvalue weighted by Crippen LogP contribution is -2.44. The molecule has 3 rings (SSSR count). The molecule has 0 amide bonds. The van der Waals surface area contributed by atoms with Crippen molar-refractivity contribution in [2.45, 2.75) is 6.92 Å². The summed E-state index contributed by atoms with van der Waals surface area (Å²) in [6, 6.07) is 7.75. The van der Waals surface area contributed by atoms with Crippen LogP contribution in [0.4, 0.5) is 5.95 Å². The summed E-state index contributed by atoms with van der Waals surface area (Å²) in [5.41, 5.74) is 1.04. The van der Waals surface area contributed by atoms with E-state index in [0.29, 0.717) is 0 Å². The summed E-state index contributed by atoms with van der Waals surface area (Å²) in [4.78, 5) is 2.26. The van der Waals surface area contributed by atoms with Crippen LogP contribution in [-0.4, -0.2) is 40.9 Å². The Balaban J connectivity index is 2.00. The molecule has 5 nitrogen and oxygen atoms in total. The molecule has 0 spiro atoms. The monoisotopic (exact) mass is 277 g/mol. The minimum absolute atomic E-state index is 0.734. The first-order valence-corrected chi connectivity index (χ1v) is 6.77. The molecule has 1 saturated heterocycles. The van der Waals surface area contributed by atoms with Crippen molar-refractivity contribution in [3.05, 3.63) is 35.1 Å². The summed E-state index contributed by atoms with van der Waals surface area (Å²) in [6.45, 7) is 5.82. The average Bonchev–Trinajstić information content (AvgIpc) is 2.83. The zero-order valence-electron chi connectivity index (χ0n) is 10.8. The molecular formula is C13H16ClN5. The summed E-state index contributed by atoms with van der Waals surface area (Å²) >= 11 is 5.94. The van der Waals surface area contributed by atoms with E-state index in [0.717, 1.165) is 48.7 Å². The first-order chi connectivity index (χ1) is 9.25. The highest BCUT2D eigenvalue weighted by molar-refractivity contribution is 6.30. The van der Waals surface area contributed by atoms with Crippen LogP contribution in [0, 0.1) is 6.92 Å². The number of piperazine rings is 1. The molecule has 2 aromatic rings. The molecule has 1 fully saturated rings. The molecule has 0 unspecified atom stereocenters. The fourth-order valence-corrected chi connectivity index (χ4v) is 2.44. The topological polar surface area (TPSA) is 46.0 Å². The molecule has 1 N–H and O–H groups in total. The minimum Gasteiger partial charge on any atom is -0.338 e. The molecule has 0 bridgehead atoms. The van der Waals surface area contributed by atoms with Crippen LogP contribution in [0.1, 0.15) is 5.82 Å². The maximum absolute atomic E-state index is 5.94. The SMILES string of the molecule is Cc1nnc(N2CCNCC2)n1-c1ccc(Cl)cc1. The summed E-state index contributed by atoms with van der Waals surface area (Å²) in [5, 5.41) is 12.6. The van der Waals surface area contributed by atoms with Crippen molar-refractivity contribution in [1.82, 2.24) is 20.1 Å². The van der Waals surface area contributed by atoms with Gasteiger partial charge in [-0.15, -0.1) is 10.2 Å². The van der Waals surface area contributed by atoms with E-state index in [1.165, 1.54) is 0 Å². The fraction of sp³-hybridized carbons (Fsp3) is 0.385. The van der Waals surface area contributed by atoms with Gasteiger partial charge in [0.25, 0.3) is 0 Å². The van der Waals surface area contributed by atoms with Gasteiger partial charge in [0.2, 0.25) is 5.95 Å². The third kappa shape index (κ3) is 2.43. The number of hydrogen-bond acceptors (Lipinski definition) is 4. The van der Waals surface area contributed by atoms with Crippen molar-refractivity contribution in [3.8, 4) is 5.69 Å². The first-order valence-electron chi connectivity index (χ1n) is 6.39. The molecule has 0 radical (unpaired) electrons. The van der Waals surface area contributed by atoms with Crippen LogP contribution in [0.15, 0.2) is 24.3 Å². The molecule has 1 aromatic carbocycles. The van der Waals surface area contributed by atoms with Crippen molar-refractivity contribution < 1.29 is 0 Å². The number of rotatable bonds is 2. The van der Waals surface area contributed by atoms with Crippen LogP contribution in [0.2, 0.25) is 5.02 Å². The Morgan fingerprint density at radius 1 is 1.11 bits per heavy atom. The largest absolute Gasteiger partial charge is 0.338 e. The number of anilines is 1. The van der Waals surface area contributed by atoms with Crippen LogP contribution in [0.3, 0.4) is 0 Å². The fourth-order valence-electron chi connectivity index (χ4n) is 2.31. The molecule has 1 aliphatic heterocycles. The minimum atomic E-state index is 0.734. The number of aryl methyl sites for hydroxylation is 1.